The highest BCUT2D eigenvalue weighted by molar-refractivity contribution is 14.0. The van der Waals surface area contributed by atoms with Gasteiger partial charge in [0.2, 0.25) is 0 Å². The van der Waals surface area contributed by atoms with Gasteiger partial charge in [-0.05, 0) is 56.7 Å². The fourth-order valence-corrected chi connectivity index (χ4v) is 4.05. The summed E-state index contributed by atoms with van der Waals surface area (Å²) in [4.78, 5) is 6.86. The monoisotopic (exact) mass is 556 g/mol. The van der Waals surface area contributed by atoms with Crippen LogP contribution in [-0.4, -0.2) is 66.6 Å². The number of guanidine groups is 1. The Labute approximate surface area is 208 Å². The van der Waals surface area contributed by atoms with Gasteiger partial charge in [0.05, 0.1) is 19.3 Å². The summed E-state index contributed by atoms with van der Waals surface area (Å²) in [7, 11) is 3.72. The molecule has 1 aromatic heterocycles. The second kappa shape index (κ2) is 11.9. The smallest absolute Gasteiger partial charge is 0.194 e. The van der Waals surface area contributed by atoms with Crippen molar-refractivity contribution in [2.75, 3.05) is 40.5 Å². The quantitative estimate of drug-likeness (QED) is 0.310. The highest BCUT2D eigenvalue weighted by atomic mass is 127. The number of hydrogen-bond donors (Lipinski definition) is 2. The Hall–Kier alpha value is -1.78. The van der Waals surface area contributed by atoms with Crippen LogP contribution in [0.2, 0.25) is 0 Å². The Morgan fingerprint density at radius 1 is 1.25 bits per heavy atom. The van der Waals surface area contributed by atoms with Crippen LogP contribution in [0, 0.1) is 13.8 Å². The molecule has 0 aliphatic carbocycles. The lowest BCUT2D eigenvalue weighted by molar-refractivity contribution is -0.0566. The maximum absolute atomic E-state index is 10.8. The first kappa shape index (κ1) is 26.5. The molecule has 2 heterocycles. The minimum absolute atomic E-state index is 0. The molecule has 0 spiro atoms. The third kappa shape index (κ3) is 6.39. The lowest BCUT2D eigenvalue weighted by Gasteiger charge is -2.31. The second-order valence-electron chi connectivity index (χ2n) is 8.29. The molecule has 0 saturated carbocycles. The maximum atomic E-state index is 10.8. The zero-order valence-electron chi connectivity index (χ0n) is 19.9. The van der Waals surface area contributed by atoms with Gasteiger partial charge in [0, 0.05) is 63.3 Å². The van der Waals surface area contributed by atoms with Crippen molar-refractivity contribution in [1.82, 2.24) is 14.8 Å². The van der Waals surface area contributed by atoms with Crippen LogP contribution in [0.15, 0.2) is 35.3 Å². The van der Waals surface area contributed by atoms with E-state index in [4.69, 9.17) is 14.5 Å². The summed E-state index contributed by atoms with van der Waals surface area (Å²) in [5.74, 6) is 1.65. The first-order chi connectivity index (χ1) is 14.9. The van der Waals surface area contributed by atoms with Gasteiger partial charge in [0.15, 0.2) is 5.96 Å². The van der Waals surface area contributed by atoms with E-state index in [1.807, 2.05) is 19.2 Å². The fourth-order valence-electron chi connectivity index (χ4n) is 4.05. The molecule has 1 aliphatic rings. The lowest BCUT2D eigenvalue weighted by atomic mass is 9.95. The number of aliphatic imine (C=N–C) groups is 1. The summed E-state index contributed by atoms with van der Waals surface area (Å²) in [6, 6.07) is 10.3. The summed E-state index contributed by atoms with van der Waals surface area (Å²) < 4.78 is 12.9. The number of aliphatic hydroxyl groups is 1. The van der Waals surface area contributed by atoms with Crippen LogP contribution >= 0.6 is 24.0 Å². The molecular weight excluding hydrogens is 519 g/mol. The van der Waals surface area contributed by atoms with Crippen molar-refractivity contribution in [1.29, 1.82) is 0 Å². The van der Waals surface area contributed by atoms with Crippen molar-refractivity contribution < 1.29 is 14.6 Å². The number of aryl methyl sites for hydroxylation is 1. The third-order valence-electron chi connectivity index (χ3n) is 5.92. The Kier molecular flexibility index (Phi) is 9.84. The van der Waals surface area contributed by atoms with Gasteiger partial charge in [0.1, 0.15) is 5.75 Å². The average molecular weight is 556 g/mol. The molecule has 1 aromatic carbocycles. The van der Waals surface area contributed by atoms with Crippen molar-refractivity contribution in [3.8, 4) is 11.4 Å². The molecule has 1 saturated heterocycles. The summed E-state index contributed by atoms with van der Waals surface area (Å²) in [5, 5.41) is 14.1. The van der Waals surface area contributed by atoms with Gasteiger partial charge in [0.25, 0.3) is 0 Å². The summed E-state index contributed by atoms with van der Waals surface area (Å²) in [6.07, 6.45) is 1.26. The van der Waals surface area contributed by atoms with Crippen LogP contribution in [0.4, 0.5) is 0 Å². The summed E-state index contributed by atoms with van der Waals surface area (Å²) >= 11 is 0. The number of ether oxygens (including phenoxy) is 2. The Morgan fingerprint density at radius 2 is 1.91 bits per heavy atom. The minimum Gasteiger partial charge on any atom is -0.497 e. The van der Waals surface area contributed by atoms with Crippen molar-refractivity contribution >= 4 is 29.9 Å². The van der Waals surface area contributed by atoms with E-state index < -0.39 is 5.60 Å². The zero-order chi connectivity index (χ0) is 22.4. The van der Waals surface area contributed by atoms with Crippen LogP contribution < -0.4 is 10.1 Å². The van der Waals surface area contributed by atoms with Gasteiger partial charge in [-0.15, -0.1) is 24.0 Å². The van der Waals surface area contributed by atoms with Gasteiger partial charge in [-0.1, -0.05) is 0 Å². The van der Waals surface area contributed by atoms with Crippen LogP contribution in [-0.2, 0) is 11.3 Å². The molecule has 3 rings (SSSR count). The largest absolute Gasteiger partial charge is 0.497 e. The number of rotatable bonds is 7. The number of hydrogen-bond acceptors (Lipinski definition) is 4. The highest BCUT2D eigenvalue weighted by Gasteiger charge is 2.29. The number of halogens is 1. The first-order valence-electron chi connectivity index (χ1n) is 11.0. The van der Waals surface area contributed by atoms with Gasteiger partial charge >= 0.3 is 0 Å². The Morgan fingerprint density at radius 3 is 2.50 bits per heavy atom. The predicted octanol–water partition coefficient (Wildman–Crippen LogP) is 3.66. The molecule has 32 heavy (non-hydrogen) atoms. The van der Waals surface area contributed by atoms with Crippen LogP contribution in [0.5, 0.6) is 5.75 Å². The zero-order valence-corrected chi connectivity index (χ0v) is 22.2. The van der Waals surface area contributed by atoms with E-state index in [1.54, 1.807) is 7.11 Å². The number of aromatic nitrogens is 1. The van der Waals surface area contributed by atoms with Crippen molar-refractivity contribution in [3.63, 3.8) is 0 Å². The number of nitrogens with one attached hydrogen (secondary N) is 1. The predicted molar refractivity (Wildman–Crippen MR) is 140 cm³/mol. The van der Waals surface area contributed by atoms with E-state index in [0.717, 1.165) is 30.5 Å². The molecule has 2 N–H and O–H groups in total. The number of methoxy groups -OCH3 is 1. The molecule has 1 aliphatic heterocycles. The maximum Gasteiger partial charge on any atom is 0.194 e. The molecule has 1 fully saturated rings. The molecule has 7 nitrogen and oxygen atoms in total. The molecule has 0 amide bonds. The van der Waals surface area contributed by atoms with Crippen LogP contribution in [0.3, 0.4) is 0 Å². The normalized spacial score (nSPS) is 15.8. The fraction of sp³-hybridized carbons (Fsp3) is 0.542. The molecule has 0 radical (unpaired) electrons. The van der Waals surface area contributed by atoms with Gasteiger partial charge in [-0.3, -0.25) is 4.99 Å². The molecule has 178 valence electrons. The standard InChI is InChI=1S/C24H36N4O3.HI/c1-6-25-23(26-17-24(29)11-13-31-14-12-24)27(4)16-20-15-18(2)28(19(20)3)21-7-9-22(30-5)10-8-21;/h7-10,15,29H,6,11-14,16-17H2,1-5H3,(H,25,26);1H. The first-order valence-corrected chi connectivity index (χ1v) is 11.0. The molecular formula is C24H37IN4O3. The number of nitrogens with zero attached hydrogens (tertiary/aromatic N) is 3. The topological polar surface area (TPSA) is 71.3 Å². The summed E-state index contributed by atoms with van der Waals surface area (Å²) in [6.45, 7) is 9.40. The highest BCUT2D eigenvalue weighted by Crippen LogP contribution is 2.24. The molecule has 2 aromatic rings. The van der Waals surface area contributed by atoms with Crippen molar-refractivity contribution in [2.45, 2.75) is 45.8 Å². The van der Waals surface area contributed by atoms with Crippen molar-refractivity contribution in [3.05, 3.63) is 47.3 Å². The van der Waals surface area contributed by atoms with E-state index in [0.29, 0.717) is 32.6 Å². The van der Waals surface area contributed by atoms with Gasteiger partial charge in [-0.2, -0.15) is 0 Å². The Bertz CT molecular complexity index is 889. The van der Waals surface area contributed by atoms with Gasteiger partial charge in [-0.25, -0.2) is 0 Å². The van der Waals surface area contributed by atoms with Gasteiger partial charge < -0.3 is 29.4 Å². The average Bonchev–Trinajstić information content (AvgIpc) is 3.04. The molecule has 0 atom stereocenters. The van der Waals surface area contributed by atoms with E-state index in [9.17, 15) is 5.11 Å². The van der Waals surface area contributed by atoms with Crippen LogP contribution in [0.1, 0.15) is 36.7 Å². The van der Waals surface area contributed by atoms with Crippen molar-refractivity contribution in [2.24, 2.45) is 4.99 Å². The summed E-state index contributed by atoms with van der Waals surface area (Å²) in [5.41, 5.74) is 3.97. The molecule has 8 heteroatoms. The number of benzene rings is 1. The van der Waals surface area contributed by atoms with E-state index in [2.05, 4.69) is 53.8 Å². The SMILES string of the molecule is CCNC(=NCC1(O)CCOCC1)N(C)Cc1cc(C)n(-c2ccc(OC)cc2)c1C.I. The third-order valence-corrected chi connectivity index (χ3v) is 5.92. The minimum atomic E-state index is -0.774. The van der Waals surface area contributed by atoms with Crippen LogP contribution in [0.25, 0.3) is 5.69 Å². The van der Waals surface area contributed by atoms with E-state index >= 15 is 0 Å². The van der Waals surface area contributed by atoms with E-state index in [1.165, 1.54) is 17.0 Å². The second-order valence-corrected chi connectivity index (χ2v) is 8.29. The molecule has 0 bridgehead atoms. The van der Waals surface area contributed by atoms with E-state index in [-0.39, 0.29) is 24.0 Å². The lowest BCUT2D eigenvalue weighted by Crippen LogP contribution is -2.43. The Balaban J connectivity index is 0.00000363. The molecule has 0 unspecified atom stereocenters.